The largest absolute Gasteiger partial charge is 0.374 e. The van der Waals surface area contributed by atoms with Crippen LogP contribution in [0.4, 0.5) is 17.6 Å². The highest BCUT2D eigenvalue weighted by Crippen LogP contribution is 2.22. The van der Waals surface area contributed by atoms with E-state index in [9.17, 15) is 17.6 Å². The minimum absolute atomic E-state index is 0.0578. The summed E-state index contributed by atoms with van der Waals surface area (Å²) in [5.74, 6) is -4.04. The molecule has 0 radical (unpaired) electrons. The number of rotatable bonds is 6. The lowest BCUT2D eigenvalue weighted by Crippen LogP contribution is -2.45. The van der Waals surface area contributed by atoms with Crippen LogP contribution in [-0.2, 0) is 4.74 Å². The molecule has 16 heavy (non-hydrogen) atoms. The number of alkyl halides is 4. The van der Waals surface area contributed by atoms with Gasteiger partial charge in [0, 0.05) is 32.7 Å². The van der Waals surface area contributed by atoms with Crippen molar-refractivity contribution in [2.75, 3.05) is 45.9 Å². The molecule has 96 valence electrons. The highest BCUT2D eigenvalue weighted by atomic mass is 19.3. The van der Waals surface area contributed by atoms with E-state index in [4.69, 9.17) is 0 Å². The van der Waals surface area contributed by atoms with Crippen molar-refractivity contribution < 1.29 is 22.3 Å². The van der Waals surface area contributed by atoms with Gasteiger partial charge in [0.05, 0.1) is 6.61 Å². The fraction of sp³-hybridized carbons (Fsp3) is 1.00. The van der Waals surface area contributed by atoms with E-state index in [0.717, 1.165) is 26.2 Å². The molecular weight excluding hydrogens is 228 g/mol. The molecule has 0 amide bonds. The third kappa shape index (κ3) is 4.63. The van der Waals surface area contributed by atoms with Gasteiger partial charge in [-0.25, -0.2) is 8.78 Å². The summed E-state index contributed by atoms with van der Waals surface area (Å²) in [5, 5.41) is 3.14. The molecular formula is C9H16F4N2O. The zero-order chi connectivity index (χ0) is 12.0. The molecule has 0 aliphatic carbocycles. The normalized spacial score (nSPS) is 19.3. The van der Waals surface area contributed by atoms with Crippen LogP contribution in [-0.4, -0.2) is 63.2 Å². The standard InChI is InChI=1S/C9H16F4N2O/c10-8(11)9(12,13)7-16-6-5-15-3-1-14-2-4-15/h8,14H,1-7H2. The molecule has 1 aliphatic rings. The monoisotopic (exact) mass is 244 g/mol. The zero-order valence-corrected chi connectivity index (χ0v) is 8.89. The van der Waals surface area contributed by atoms with Crippen LogP contribution < -0.4 is 5.32 Å². The summed E-state index contributed by atoms with van der Waals surface area (Å²) in [6, 6.07) is 0. The van der Waals surface area contributed by atoms with E-state index in [1.165, 1.54) is 0 Å². The lowest BCUT2D eigenvalue weighted by Gasteiger charge is -2.27. The molecule has 0 unspecified atom stereocenters. The SMILES string of the molecule is FC(F)C(F)(F)COCCN1CCNCC1. The van der Waals surface area contributed by atoms with E-state index in [1.807, 2.05) is 4.90 Å². The third-order valence-electron chi connectivity index (χ3n) is 2.38. The summed E-state index contributed by atoms with van der Waals surface area (Å²) in [6.45, 7) is 2.71. The summed E-state index contributed by atoms with van der Waals surface area (Å²) in [6.07, 6.45) is -3.66. The molecule has 1 saturated heterocycles. The first-order chi connectivity index (χ1) is 7.52. The molecule has 1 fully saturated rings. The first-order valence-electron chi connectivity index (χ1n) is 5.19. The first-order valence-corrected chi connectivity index (χ1v) is 5.19. The number of hydrogen-bond donors (Lipinski definition) is 1. The Labute approximate surface area is 91.7 Å². The van der Waals surface area contributed by atoms with Crippen LogP contribution >= 0.6 is 0 Å². The average Bonchev–Trinajstić information content (AvgIpc) is 2.26. The fourth-order valence-electron chi connectivity index (χ4n) is 1.40. The number of piperazine rings is 1. The average molecular weight is 244 g/mol. The van der Waals surface area contributed by atoms with Crippen molar-refractivity contribution in [2.24, 2.45) is 0 Å². The van der Waals surface area contributed by atoms with Crippen molar-refractivity contribution >= 4 is 0 Å². The first kappa shape index (κ1) is 13.7. The topological polar surface area (TPSA) is 24.5 Å². The number of halogens is 4. The maximum absolute atomic E-state index is 12.4. The van der Waals surface area contributed by atoms with Gasteiger partial charge in [0.25, 0.3) is 0 Å². The van der Waals surface area contributed by atoms with Gasteiger partial charge in [-0.3, -0.25) is 4.90 Å². The molecule has 1 heterocycles. The van der Waals surface area contributed by atoms with Crippen LogP contribution in [0.15, 0.2) is 0 Å². The van der Waals surface area contributed by atoms with Crippen LogP contribution in [0.3, 0.4) is 0 Å². The molecule has 7 heteroatoms. The summed E-state index contributed by atoms with van der Waals surface area (Å²) >= 11 is 0. The number of ether oxygens (including phenoxy) is 1. The van der Waals surface area contributed by atoms with Gasteiger partial charge in [-0.15, -0.1) is 0 Å². The minimum Gasteiger partial charge on any atom is -0.374 e. The van der Waals surface area contributed by atoms with Gasteiger partial charge < -0.3 is 10.1 Å². The van der Waals surface area contributed by atoms with Crippen molar-refractivity contribution in [2.45, 2.75) is 12.3 Å². The molecule has 1 rings (SSSR count). The zero-order valence-electron chi connectivity index (χ0n) is 8.89. The molecule has 1 aliphatic heterocycles. The summed E-state index contributed by atoms with van der Waals surface area (Å²) in [4.78, 5) is 2.04. The summed E-state index contributed by atoms with van der Waals surface area (Å²) in [5.41, 5.74) is 0. The van der Waals surface area contributed by atoms with E-state index >= 15 is 0 Å². The van der Waals surface area contributed by atoms with Crippen molar-refractivity contribution in [1.82, 2.24) is 10.2 Å². The Morgan fingerprint density at radius 2 is 1.88 bits per heavy atom. The van der Waals surface area contributed by atoms with Crippen LogP contribution in [0.5, 0.6) is 0 Å². The second kappa shape index (κ2) is 6.36. The van der Waals surface area contributed by atoms with Crippen LogP contribution in [0.2, 0.25) is 0 Å². The quantitative estimate of drug-likeness (QED) is 0.552. The fourth-order valence-corrected chi connectivity index (χ4v) is 1.40. The third-order valence-corrected chi connectivity index (χ3v) is 2.38. The van der Waals surface area contributed by atoms with E-state index in [-0.39, 0.29) is 6.61 Å². The van der Waals surface area contributed by atoms with Gasteiger partial charge in [0.15, 0.2) is 0 Å². The Balaban J connectivity index is 2.06. The highest BCUT2D eigenvalue weighted by Gasteiger charge is 2.40. The molecule has 3 nitrogen and oxygen atoms in total. The molecule has 0 atom stereocenters. The molecule has 0 saturated carbocycles. The Hall–Kier alpha value is -0.400. The van der Waals surface area contributed by atoms with Gasteiger partial charge in [-0.05, 0) is 0 Å². The second-order valence-electron chi connectivity index (χ2n) is 3.71. The number of nitrogens with zero attached hydrogens (tertiary/aromatic N) is 1. The molecule has 0 aromatic heterocycles. The van der Waals surface area contributed by atoms with Gasteiger partial charge in [-0.1, -0.05) is 0 Å². The molecule has 0 aromatic carbocycles. The summed E-state index contributed by atoms with van der Waals surface area (Å²) < 4.78 is 52.9. The smallest absolute Gasteiger partial charge is 0.330 e. The minimum atomic E-state index is -4.04. The molecule has 0 aromatic rings. The predicted octanol–water partition coefficient (Wildman–Crippen LogP) is 0.809. The van der Waals surface area contributed by atoms with E-state index in [1.54, 1.807) is 0 Å². The second-order valence-corrected chi connectivity index (χ2v) is 3.71. The maximum Gasteiger partial charge on any atom is 0.330 e. The molecule has 0 bridgehead atoms. The Morgan fingerprint density at radius 3 is 2.44 bits per heavy atom. The van der Waals surface area contributed by atoms with Gasteiger partial charge in [0.2, 0.25) is 0 Å². The highest BCUT2D eigenvalue weighted by molar-refractivity contribution is 4.69. The van der Waals surface area contributed by atoms with E-state index in [0.29, 0.717) is 6.54 Å². The van der Waals surface area contributed by atoms with Crippen molar-refractivity contribution in [3.63, 3.8) is 0 Å². The summed E-state index contributed by atoms with van der Waals surface area (Å²) in [7, 11) is 0. The Morgan fingerprint density at radius 1 is 1.25 bits per heavy atom. The van der Waals surface area contributed by atoms with Gasteiger partial charge >= 0.3 is 12.3 Å². The van der Waals surface area contributed by atoms with Gasteiger partial charge in [0.1, 0.15) is 6.61 Å². The predicted molar refractivity (Wildman–Crippen MR) is 51.1 cm³/mol. The van der Waals surface area contributed by atoms with Crippen LogP contribution in [0, 0.1) is 0 Å². The Kier molecular flexibility index (Phi) is 5.43. The van der Waals surface area contributed by atoms with Crippen LogP contribution in [0.25, 0.3) is 0 Å². The van der Waals surface area contributed by atoms with Crippen molar-refractivity contribution in [1.29, 1.82) is 0 Å². The molecule has 1 N–H and O–H groups in total. The number of hydrogen-bond acceptors (Lipinski definition) is 3. The van der Waals surface area contributed by atoms with Crippen LogP contribution in [0.1, 0.15) is 0 Å². The van der Waals surface area contributed by atoms with E-state index < -0.39 is 19.0 Å². The van der Waals surface area contributed by atoms with E-state index in [2.05, 4.69) is 10.1 Å². The maximum atomic E-state index is 12.4. The molecule has 0 spiro atoms. The lowest BCUT2D eigenvalue weighted by atomic mass is 10.3. The van der Waals surface area contributed by atoms with Gasteiger partial charge in [-0.2, -0.15) is 8.78 Å². The van der Waals surface area contributed by atoms with Crippen molar-refractivity contribution in [3.8, 4) is 0 Å². The number of nitrogens with one attached hydrogen (secondary N) is 1. The Bertz CT molecular complexity index is 198. The van der Waals surface area contributed by atoms with Crippen molar-refractivity contribution in [3.05, 3.63) is 0 Å². The lowest BCUT2D eigenvalue weighted by molar-refractivity contribution is -0.166.